The highest BCUT2D eigenvalue weighted by molar-refractivity contribution is 7.08. The number of nitrogens with zero attached hydrogens (tertiary/aromatic N) is 1. The summed E-state index contributed by atoms with van der Waals surface area (Å²) in [6.07, 6.45) is 7.81. The molecule has 120 valence electrons. The molecule has 0 bridgehead atoms. The molecule has 0 aliphatic carbocycles. The quantitative estimate of drug-likeness (QED) is 0.926. The summed E-state index contributed by atoms with van der Waals surface area (Å²) in [7, 11) is 0. The van der Waals surface area contributed by atoms with Crippen LogP contribution in [0.4, 0.5) is 0 Å². The third-order valence-corrected chi connectivity index (χ3v) is 5.33. The highest BCUT2D eigenvalue weighted by Gasteiger charge is 2.48. The molecule has 0 saturated heterocycles. The molecule has 1 aromatic heterocycles. The highest BCUT2D eigenvalue weighted by atomic mass is 32.1. The molecule has 1 unspecified atom stereocenters. The third-order valence-electron chi connectivity index (χ3n) is 4.65. The Kier molecular flexibility index (Phi) is 3.52. The van der Waals surface area contributed by atoms with Crippen molar-refractivity contribution in [3.8, 4) is 0 Å². The van der Waals surface area contributed by atoms with Crippen LogP contribution in [0, 0.1) is 0 Å². The molecule has 0 radical (unpaired) electrons. The fourth-order valence-corrected chi connectivity index (χ4v) is 3.95. The molecule has 0 spiro atoms. The largest absolute Gasteiger partial charge is 0.392 e. The van der Waals surface area contributed by atoms with E-state index in [-0.39, 0.29) is 12.4 Å². The van der Waals surface area contributed by atoms with Gasteiger partial charge >= 0.3 is 0 Å². The molecule has 0 saturated carbocycles. The molecule has 0 amide bonds. The average Bonchev–Trinajstić information content (AvgIpc) is 3.21. The Hall–Kier alpha value is -2.43. The van der Waals surface area contributed by atoms with Crippen molar-refractivity contribution < 1.29 is 9.90 Å². The summed E-state index contributed by atoms with van der Waals surface area (Å²) in [5.41, 5.74) is 3.77. The van der Waals surface area contributed by atoms with E-state index in [2.05, 4.69) is 10.3 Å². The number of ketones is 1. The standard InChI is InChI=1S/C20H17NO2S/c1-20-9-2-3-10-21(20)18(16-8-11-24-13-16)17(19(20)23)15-6-4-14(12-22)5-7-15/h2-11,13,22H,12H2,1H3. The minimum atomic E-state index is -0.684. The number of thiophene rings is 1. The molecule has 2 aromatic rings. The van der Waals surface area contributed by atoms with E-state index in [4.69, 9.17) is 0 Å². The van der Waals surface area contributed by atoms with E-state index in [0.717, 1.165) is 28.0 Å². The van der Waals surface area contributed by atoms with Crippen LogP contribution in [0.25, 0.3) is 11.3 Å². The van der Waals surface area contributed by atoms with E-state index >= 15 is 0 Å². The summed E-state index contributed by atoms with van der Waals surface area (Å²) >= 11 is 1.62. The maximum Gasteiger partial charge on any atom is 0.195 e. The van der Waals surface area contributed by atoms with E-state index < -0.39 is 5.54 Å². The van der Waals surface area contributed by atoms with Gasteiger partial charge in [0, 0.05) is 17.1 Å². The molecular formula is C20H17NO2S. The van der Waals surface area contributed by atoms with E-state index in [1.807, 2.05) is 67.1 Å². The summed E-state index contributed by atoms with van der Waals surface area (Å²) in [5.74, 6) is 0.0982. The first-order valence-electron chi connectivity index (χ1n) is 7.82. The monoisotopic (exact) mass is 335 g/mol. The van der Waals surface area contributed by atoms with Gasteiger partial charge in [0.2, 0.25) is 0 Å². The second-order valence-electron chi connectivity index (χ2n) is 6.14. The fraction of sp³-hybridized carbons (Fsp3) is 0.150. The van der Waals surface area contributed by atoms with Crippen molar-refractivity contribution in [3.05, 3.63) is 82.2 Å². The van der Waals surface area contributed by atoms with Crippen LogP contribution in [0.5, 0.6) is 0 Å². The molecule has 1 N–H and O–H groups in total. The zero-order chi connectivity index (χ0) is 16.7. The fourth-order valence-electron chi connectivity index (χ4n) is 3.31. The Morgan fingerprint density at radius 2 is 1.92 bits per heavy atom. The van der Waals surface area contributed by atoms with Crippen LogP contribution in [0.3, 0.4) is 0 Å². The predicted octanol–water partition coefficient (Wildman–Crippen LogP) is 3.84. The number of carbonyl (C=O) groups is 1. The number of aliphatic hydroxyl groups excluding tert-OH is 1. The minimum Gasteiger partial charge on any atom is -0.392 e. The number of fused-ring (bicyclic) bond motifs is 1. The van der Waals surface area contributed by atoms with E-state index in [1.165, 1.54) is 0 Å². The van der Waals surface area contributed by atoms with Crippen LogP contribution in [-0.4, -0.2) is 21.3 Å². The average molecular weight is 335 g/mol. The van der Waals surface area contributed by atoms with Crippen LogP contribution in [0.2, 0.25) is 0 Å². The van der Waals surface area contributed by atoms with Crippen molar-refractivity contribution in [2.75, 3.05) is 0 Å². The van der Waals surface area contributed by atoms with Crippen molar-refractivity contribution >= 4 is 28.4 Å². The topological polar surface area (TPSA) is 40.5 Å². The second kappa shape index (κ2) is 5.58. The van der Waals surface area contributed by atoms with Crippen LogP contribution in [0.15, 0.2) is 65.5 Å². The van der Waals surface area contributed by atoms with Crippen molar-refractivity contribution in [1.29, 1.82) is 0 Å². The summed E-state index contributed by atoms with van der Waals surface area (Å²) < 4.78 is 0. The molecule has 4 rings (SSSR count). The lowest BCUT2D eigenvalue weighted by Crippen LogP contribution is -2.43. The van der Waals surface area contributed by atoms with Crippen LogP contribution < -0.4 is 0 Å². The summed E-state index contributed by atoms with van der Waals surface area (Å²) in [5, 5.41) is 13.4. The molecule has 3 heterocycles. The van der Waals surface area contributed by atoms with Gasteiger partial charge in [-0.05, 0) is 35.6 Å². The maximum absolute atomic E-state index is 13.3. The van der Waals surface area contributed by atoms with Gasteiger partial charge in [0.15, 0.2) is 5.78 Å². The lowest BCUT2D eigenvalue weighted by Gasteiger charge is -2.34. The van der Waals surface area contributed by atoms with Gasteiger partial charge in [0.1, 0.15) is 5.54 Å². The maximum atomic E-state index is 13.3. The smallest absolute Gasteiger partial charge is 0.195 e. The number of Topliss-reactive ketones (excluding diaryl/α,β-unsaturated/α-hetero) is 1. The van der Waals surface area contributed by atoms with Gasteiger partial charge < -0.3 is 10.0 Å². The number of benzene rings is 1. The van der Waals surface area contributed by atoms with Crippen LogP contribution >= 0.6 is 11.3 Å². The number of carbonyl (C=O) groups excluding carboxylic acids is 1. The molecule has 2 aliphatic heterocycles. The van der Waals surface area contributed by atoms with E-state index in [0.29, 0.717) is 0 Å². The second-order valence-corrected chi connectivity index (χ2v) is 6.92. The van der Waals surface area contributed by atoms with Gasteiger partial charge in [-0.15, -0.1) is 0 Å². The molecule has 1 aromatic carbocycles. The molecule has 24 heavy (non-hydrogen) atoms. The SMILES string of the molecule is CC12C=CC=CN1C(c1ccsc1)=C(c1ccc(CO)cc1)C2=O. The highest BCUT2D eigenvalue weighted by Crippen LogP contribution is 2.46. The molecule has 2 aliphatic rings. The molecule has 3 nitrogen and oxygen atoms in total. The van der Waals surface area contributed by atoms with Gasteiger partial charge in [-0.2, -0.15) is 11.3 Å². The van der Waals surface area contributed by atoms with E-state index in [1.54, 1.807) is 11.3 Å². The molecule has 1 atom stereocenters. The zero-order valence-electron chi connectivity index (χ0n) is 13.3. The van der Waals surface area contributed by atoms with Gasteiger partial charge in [-0.3, -0.25) is 4.79 Å². The number of rotatable bonds is 3. The van der Waals surface area contributed by atoms with Crippen molar-refractivity contribution in [2.24, 2.45) is 0 Å². The normalized spacial score (nSPS) is 22.4. The van der Waals surface area contributed by atoms with Gasteiger partial charge in [-0.25, -0.2) is 0 Å². The van der Waals surface area contributed by atoms with E-state index in [9.17, 15) is 9.90 Å². The van der Waals surface area contributed by atoms with Gasteiger partial charge in [-0.1, -0.05) is 36.4 Å². The van der Waals surface area contributed by atoms with Crippen LogP contribution in [0.1, 0.15) is 23.6 Å². The van der Waals surface area contributed by atoms with Crippen molar-refractivity contribution in [3.63, 3.8) is 0 Å². The zero-order valence-corrected chi connectivity index (χ0v) is 14.1. The summed E-state index contributed by atoms with van der Waals surface area (Å²) in [6, 6.07) is 9.62. The number of allylic oxidation sites excluding steroid dienone is 2. The third kappa shape index (κ3) is 2.11. The Balaban J connectivity index is 1.94. The summed E-state index contributed by atoms with van der Waals surface area (Å²) in [4.78, 5) is 15.4. The first-order chi connectivity index (χ1) is 11.6. The number of hydrogen-bond acceptors (Lipinski definition) is 4. The number of aliphatic hydroxyl groups is 1. The lowest BCUT2D eigenvalue weighted by atomic mass is 9.89. The lowest BCUT2D eigenvalue weighted by molar-refractivity contribution is -0.118. The van der Waals surface area contributed by atoms with Crippen molar-refractivity contribution in [1.82, 2.24) is 4.90 Å². The Morgan fingerprint density at radius 1 is 1.12 bits per heavy atom. The predicted molar refractivity (Wildman–Crippen MR) is 97.0 cm³/mol. The van der Waals surface area contributed by atoms with Gasteiger partial charge in [0.05, 0.1) is 17.9 Å². The number of hydrogen-bond donors (Lipinski definition) is 1. The molecular weight excluding hydrogens is 318 g/mol. The minimum absolute atomic E-state index is 0.0000222. The Labute approximate surface area is 144 Å². The molecule has 4 heteroatoms. The van der Waals surface area contributed by atoms with Crippen LogP contribution in [-0.2, 0) is 11.4 Å². The first-order valence-corrected chi connectivity index (χ1v) is 8.76. The Morgan fingerprint density at radius 3 is 2.58 bits per heavy atom. The van der Waals surface area contributed by atoms with Gasteiger partial charge in [0.25, 0.3) is 0 Å². The molecule has 0 fully saturated rings. The van der Waals surface area contributed by atoms with Crippen molar-refractivity contribution in [2.45, 2.75) is 19.1 Å². The first kappa shape index (κ1) is 15.1. The summed E-state index contributed by atoms with van der Waals surface area (Å²) in [6.45, 7) is 1.96. The Bertz CT molecular complexity index is 875.